The molecule has 0 saturated carbocycles. The molecule has 0 atom stereocenters. The maximum absolute atomic E-state index is 13.0. The molecule has 25 heavy (non-hydrogen) atoms. The predicted molar refractivity (Wildman–Crippen MR) is 97.7 cm³/mol. The summed E-state index contributed by atoms with van der Waals surface area (Å²) in [7, 11) is 0. The first-order valence-electron chi connectivity index (χ1n) is 8.63. The summed E-state index contributed by atoms with van der Waals surface area (Å²) in [5.74, 6) is 0.528. The molecule has 2 aromatic rings. The van der Waals surface area contributed by atoms with Gasteiger partial charge in [-0.2, -0.15) is 5.10 Å². The number of halogens is 1. The van der Waals surface area contributed by atoms with Gasteiger partial charge in [0.05, 0.1) is 24.5 Å². The topological polar surface area (TPSA) is 63.5 Å². The lowest BCUT2D eigenvalue weighted by Crippen LogP contribution is -2.38. The van der Waals surface area contributed by atoms with E-state index in [1.165, 1.54) is 12.1 Å². The first kappa shape index (κ1) is 18.9. The van der Waals surface area contributed by atoms with Crippen molar-refractivity contribution >= 4 is 5.96 Å². The molecule has 136 valence electrons. The summed E-state index contributed by atoms with van der Waals surface area (Å²) in [5.41, 5.74) is 1.80. The molecule has 0 aliphatic heterocycles. The number of aliphatic imine (C=N–C) groups is 1. The molecule has 2 N–H and O–H groups in total. The standard InChI is InChI=1S/C18H26FN5O/c1-3-20-18(22-12-14-25-4-2)21-11-9-16-10-13-24(23-16)17-7-5-15(19)6-8-17/h5-8,10,13H,3-4,9,11-12,14H2,1-2H3,(H2,20,21,22). The molecular formula is C18H26FN5O. The Kier molecular flexibility index (Phi) is 7.91. The van der Waals surface area contributed by atoms with E-state index in [2.05, 4.69) is 20.7 Å². The SMILES string of the molecule is CCNC(=NCCOCC)NCCc1ccn(-c2ccc(F)cc2)n1. The van der Waals surface area contributed by atoms with Gasteiger partial charge in [-0.1, -0.05) is 0 Å². The number of benzene rings is 1. The van der Waals surface area contributed by atoms with E-state index in [4.69, 9.17) is 4.74 Å². The van der Waals surface area contributed by atoms with Crippen LogP contribution in [0.15, 0.2) is 41.5 Å². The van der Waals surface area contributed by atoms with Gasteiger partial charge in [0.1, 0.15) is 5.82 Å². The Morgan fingerprint density at radius 1 is 1.20 bits per heavy atom. The summed E-state index contributed by atoms with van der Waals surface area (Å²) >= 11 is 0. The lowest BCUT2D eigenvalue weighted by Gasteiger charge is -2.10. The molecule has 0 unspecified atom stereocenters. The summed E-state index contributed by atoms with van der Waals surface area (Å²) in [6, 6.07) is 8.24. The lowest BCUT2D eigenvalue weighted by atomic mass is 10.3. The molecule has 0 radical (unpaired) electrons. The van der Waals surface area contributed by atoms with Crippen LogP contribution < -0.4 is 10.6 Å². The molecule has 0 aliphatic rings. The highest BCUT2D eigenvalue weighted by molar-refractivity contribution is 5.79. The third-order valence-electron chi connectivity index (χ3n) is 3.46. The van der Waals surface area contributed by atoms with Gasteiger partial charge in [0.2, 0.25) is 0 Å². The fourth-order valence-electron chi connectivity index (χ4n) is 2.25. The van der Waals surface area contributed by atoms with Crippen molar-refractivity contribution in [2.45, 2.75) is 20.3 Å². The van der Waals surface area contributed by atoms with Gasteiger partial charge in [0.15, 0.2) is 5.96 Å². The number of hydrogen-bond acceptors (Lipinski definition) is 3. The molecule has 0 fully saturated rings. The largest absolute Gasteiger partial charge is 0.380 e. The minimum absolute atomic E-state index is 0.250. The summed E-state index contributed by atoms with van der Waals surface area (Å²) in [6.45, 7) is 7.48. The number of nitrogens with one attached hydrogen (secondary N) is 2. The Labute approximate surface area is 148 Å². The normalized spacial score (nSPS) is 11.6. The molecule has 0 amide bonds. The minimum atomic E-state index is -0.250. The first-order chi connectivity index (χ1) is 12.2. The van der Waals surface area contributed by atoms with Crippen molar-refractivity contribution in [3.63, 3.8) is 0 Å². The fourth-order valence-corrected chi connectivity index (χ4v) is 2.25. The number of guanidine groups is 1. The number of ether oxygens (including phenoxy) is 1. The van der Waals surface area contributed by atoms with Crippen LogP contribution in [0.4, 0.5) is 4.39 Å². The van der Waals surface area contributed by atoms with E-state index in [9.17, 15) is 4.39 Å². The second-order valence-electron chi connectivity index (χ2n) is 5.36. The van der Waals surface area contributed by atoms with Crippen molar-refractivity contribution in [1.29, 1.82) is 0 Å². The monoisotopic (exact) mass is 347 g/mol. The average molecular weight is 347 g/mol. The van der Waals surface area contributed by atoms with Crippen LogP contribution in [0.3, 0.4) is 0 Å². The molecule has 1 aromatic heterocycles. The Morgan fingerprint density at radius 2 is 2.00 bits per heavy atom. The number of nitrogens with zero attached hydrogens (tertiary/aromatic N) is 3. The van der Waals surface area contributed by atoms with E-state index >= 15 is 0 Å². The van der Waals surface area contributed by atoms with Crippen LogP contribution in [-0.2, 0) is 11.2 Å². The molecule has 2 rings (SSSR count). The number of hydrogen-bond donors (Lipinski definition) is 2. The van der Waals surface area contributed by atoms with Crippen LogP contribution in [0, 0.1) is 5.82 Å². The van der Waals surface area contributed by atoms with Crippen LogP contribution in [-0.4, -0.2) is 48.6 Å². The first-order valence-corrected chi connectivity index (χ1v) is 8.63. The Hall–Kier alpha value is -2.41. The van der Waals surface area contributed by atoms with Crippen molar-refractivity contribution in [2.24, 2.45) is 4.99 Å². The zero-order chi connectivity index (χ0) is 17.9. The van der Waals surface area contributed by atoms with E-state index in [1.54, 1.807) is 16.8 Å². The van der Waals surface area contributed by atoms with Crippen LogP contribution >= 0.6 is 0 Å². The Bertz CT molecular complexity index is 654. The van der Waals surface area contributed by atoms with Gasteiger partial charge in [-0.3, -0.25) is 4.99 Å². The zero-order valence-corrected chi connectivity index (χ0v) is 14.8. The van der Waals surface area contributed by atoms with E-state index in [1.807, 2.05) is 26.1 Å². The summed E-state index contributed by atoms with van der Waals surface area (Å²) in [4.78, 5) is 4.45. The smallest absolute Gasteiger partial charge is 0.191 e. The highest BCUT2D eigenvalue weighted by atomic mass is 19.1. The van der Waals surface area contributed by atoms with Crippen molar-refractivity contribution < 1.29 is 9.13 Å². The van der Waals surface area contributed by atoms with Crippen LogP contribution in [0.1, 0.15) is 19.5 Å². The molecule has 6 nitrogen and oxygen atoms in total. The minimum Gasteiger partial charge on any atom is -0.380 e. The molecule has 0 saturated heterocycles. The molecule has 0 aliphatic carbocycles. The lowest BCUT2D eigenvalue weighted by molar-refractivity contribution is 0.155. The second-order valence-corrected chi connectivity index (χ2v) is 5.36. The van der Waals surface area contributed by atoms with Gasteiger partial charge in [-0.15, -0.1) is 0 Å². The average Bonchev–Trinajstić information content (AvgIpc) is 3.08. The zero-order valence-electron chi connectivity index (χ0n) is 14.8. The van der Waals surface area contributed by atoms with Gasteiger partial charge in [-0.25, -0.2) is 9.07 Å². The highest BCUT2D eigenvalue weighted by Crippen LogP contribution is 2.09. The van der Waals surface area contributed by atoms with Gasteiger partial charge in [0, 0.05) is 32.3 Å². The molecule has 1 heterocycles. The van der Waals surface area contributed by atoms with Gasteiger partial charge < -0.3 is 15.4 Å². The van der Waals surface area contributed by atoms with Crippen molar-refractivity contribution in [3.05, 3.63) is 48.0 Å². The van der Waals surface area contributed by atoms with Crippen molar-refractivity contribution in [3.8, 4) is 5.69 Å². The van der Waals surface area contributed by atoms with Crippen molar-refractivity contribution in [1.82, 2.24) is 20.4 Å². The summed E-state index contributed by atoms with van der Waals surface area (Å²) < 4.78 is 20.0. The Morgan fingerprint density at radius 3 is 2.72 bits per heavy atom. The predicted octanol–water partition coefficient (Wildman–Crippen LogP) is 2.15. The second kappa shape index (κ2) is 10.5. The highest BCUT2D eigenvalue weighted by Gasteiger charge is 2.03. The maximum Gasteiger partial charge on any atom is 0.191 e. The van der Waals surface area contributed by atoms with Crippen LogP contribution in [0.5, 0.6) is 0 Å². The van der Waals surface area contributed by atoms with Gasteiger partial charge in [0.25, 0.3) is 0 Å². The van der Waals surface area contributed by atoms with Gasteiger partial charge in [-0.05, 0) is 44.2 Å². The maximum atomic E-state index is 13.0. The van der Waals surface area contributed by atoms with E-state index in [0.29, 0.717) is 19.8 Å². The molecule has 1 aromatic carbocycles. The number of rotatable bonds is 9. The third kappa shape index (κ3) is 6.54. The number of aromatic nitrogens is 2. The van der Waals surface area contributed by atoms with Crippen LogP contribution in [0.2, 0.25) is 0 Å². The van der Waals surface area contributed by atoms with Gasteiger partial charge >= 0.3 is 0 Å². The molecule has 7 heteroatoms. The fraction of sp³-hybridized carbons (Fsp3) is 0.444. The summed E-state index contributed by atoms with van der Waals surface area (Å²) in [5, 5.41) is 11.0. The van der Waals surface area contributed by atoms with E-state index in [0.717, 1.165) is 36.9 Å². The van der Waals surface area contributed by atoms with E-state index < -0.39 is 0 Å². The quantitative estimate of drug-likeness (QED) is 0.414. The summed E-state index contributed by atoms with van der Waals surface area (Å²) in [6.07, 6.45) is 2.65. The third-order valence-corrected chi connectivity index (χ3v) is 3.46. The van der Waals surface area contributed by atoms with Crippen LogP contribution in [0.25, 0.3) is 5.69 Å². The van der Waals surface area contributed by atoms with E-state index in [-0.39, 0.29) is 5.82 Å². The van der Waals surface area contributed by atoms with Crippen molar-refractivity contribution in [2.75, 3.05) is 32.8 Å². The molecule has 0 spiro atoms. The molecule has 0 bridgehead atoms. The Balaban J connectivity index is 1.82. The molecular weight excluding hydrogens is 321 g/mol.